The van der Waals surface area contributed by atoms with E-state index in [0.29, 0.717) is 11.4 Å². The molecule has 0 fully saturated rings. The number of thiocarbonyl (C=S) groups is 1. The molecule has 0 bridgehead atoms. The van der Waals surface area contributed by atoms with Crippen LogP contribution in [-0.4, -0.2) is 24.8 Å². The number of urea groups is 1. The highest BCUT2D eigenvalue weighted by molar-refractivity contribution is 7.80. The molecule has 2 rings (SSSR count). The van der Waals surface area contributed by atoms with Crippen molar-refractivity contribution >= 4 is 34.8 Å². The largest absolute Gasteiger partial charge is 0.431 e. The number of ether oxygens (including phenoxy) is 1. The number of hydrogen-bond donors (Lipinski definition) is 2. The van der Waals surface area contributed by atoms with Crippen molar-refractivity contribution in [2.75, 3.05) is 23.8 Å². The molecule has 0 atom stereocenters. The van der Waals surface area contributed by atoms with Gasteiger partial charge in [-0.25, -0.2) is 4.79 Å². The van der Waals surface area contributed by atoms with Gasteiger partial charge in [0.1, 0.15) is 12.3 Å². The van der Waals surface area contributed by atoms with Crippen molar-refractivity contribution in [3.8, 4) is 11.8 Å². The van der Waals surface area contributed by atoms with Crippen molar-refractivity contribution in [3.05, 3.63) is 54.1 Å². The number of aryl methyl sites for hydroxylation is 1. The second kappa shape index (κ2) is 8.66. The van der Waals surface area contributed by atoms with E-state index in [4.69, 9.17) is 22.2 Å². The summed E-state index contributed by atoms with van der Waals surface area (Å²) < 4.78 is 5.70. The van der Waals surface area contributed by atoms with Crippen molar-refractivity contribution in [3.63, 3.8) is 0 Å². The lowest BCUT2D eigenvalue weighted by Crippen LogP contribution is -2.33. The van der Waals surface area contributed by atoms with Crippen LogP contribution < -0.4 is 20.3 Å². The van der Waals surface area contributed by atoms with Gasteiger partial charge in [-0.3, -0.25) is 4.90 Å². The fraction of sp³-hybridized carbons (Fsp3) is 0.167. The highest BCUT2D eigenvalue weighted by Gasteiger charge is 2.14. The number of nitrogens with one attached hydrogen (secondary N) is 2. The summed E-state index contributed by atoms with van der Waals surface area (Å²) in [6.45, 7) is 2.05. The van der Waals surface area contributed by atoms with Gasteiger partial charge in [-0.05, 0) is 43.4 Å². The molecule has 0 unspecified atom stereocenters. The average molecular weight is 354 g/mol. The fourth-order valence-electron chi connectivity index (χ4n) is 2.04. The van der Waals surface area contributed by atoms with E-state index in [1.807, 2.05) is 31.2 Å². The third-order valence-corrected chi connectivity index (χ3v) is 3.62. The lowest BCUT2D eigenvalue weighted by Gasteiger charge is -2.22. The number of amides is 2. The van der Waals surface area contributed by atoms with Gasteiger partial charge in [0.2, 0.25) is 0 Å². The molecule has 0 radical (unpaired) electrons. The van der Waals surface area contributed by atoms with Crippen molar-refractivity contribution in [2.24, 2.45) is 0 Å². The summed E-state index contributed by atoms with van der Waals surface area (Å²) >= 11 is 5.34. The second-order valence-electron chi connectivity index (χ2n) is 5.18. The molecule has 7 heteroatoms. The molecular weight excluding hydrogens is 336 g/mol. The smallest absolute Gasteiger partial charge is 0.318 e. The lowest BCUT2D eigenvalue weighted by atomic mass is 10.2. The minimum absolute atomic E-state index is 0.0675. The lowest BCUT2D eigenvalue weighted by molar-refractivity contribution is 0.254. The van der Waals surface area contributed by atoms with Crippen LogP contribution in [-0.2, 0) is 0 Å². The fourth-order valence-corrected chi connectivity index (χ4v) is 2.31. The summed E-state index contributed by atoms with van der Waals surface area (Å²) in [7, 11) is 1.53. The molecular formula is C18H18N4O2S. The molecule has 0 aromatic heterocycles. The van der Waals surface area contributed by atoms with E-state index >= 15 is 0 Å². The van der Waals surface area contributed by atoms with Crippen LogP contribution in [0.25, 0.3) is 0 Å². The van der Waals surface area contributed by atoms with Gasteiger partial charge >= 0.3 is 6.03 Å². The molecule has 128 valence electrons. The Labute approximate surface area is 152 Å². The standard InChI is InChI=1S/C18H18N4O2S/c1-13-6-8-15(9-7-13)22(11-10-19)18(25)24-16-5-3-4-14(12-16)21-17(23)20-2/h3-9,12H,11H2,1-2H3,(H2,20,21,23). The van der Waals surface area contributed by atoms with Crippen LogP contribution in [0, 0.1) is 18.3 Å². The minimum atomic E-state index is -0.328. The topological polar surface area (TPSA) is 77.4 Å². The molecule has 2 aromatic rings. The van der Waals surface area contributed by atoms with E-state index in [0.717, 1.165) is 11.3 Å². The van der Waals surface area contributed by atoms with E-state index in [2.05, 4.69) is 16.7 Å². The van der Waals surface area contributed by atoms with Crippen molar-refractivity contribution in [2.45, 2.75) is 6.92 Å². The van der Waals surface area contributed by atoms with E-state index in [1.54, 1.807) is 29.2 Å². The van der Waals surface area contributed by atoms with Crippen LogP contribution in [0.2, 0.25) is 0 Å². The molecule has 2 aromatic carbocycles. The number of nitriles is 1. The predicted octanol–water partition coefficient (Wildman–Crippen LogP) is 3.44. The molecule has 0 saturated carbocycles. The van der Waals surface area contributed by atoms with Crippen molar-refractivity contribution in [1.82, 2.24) is 5.32 Å². The summed E-state index contributed by atoms with van der Waals surface area (Å²) in [6.07, 6.45) is 0. The number of carbonyl (C=O) groups is 1. The summed E-state index contributed by atoms with van der Waals surface area (Å²) in [6, 6.07) is 16.3. The Balaban J connectivity index is 2.15. The highest BCUT2D eigenvalue weighted by atomic mass is 32.1. The third kappa shape index (κ3) is 5.19. The van der Waals surface area contributed by atoms with Crippen LogP contribution in [0.5, 0.6) is 5.75 Å². The van der Waals surface area contributed by atoms with Crippen LogP contribution >= 0.6 is 12.2 Å². The van der Waals surface area contributed by atoms with Gasteiger partial charge in [0.05, 0.1) is 6.07 Å². The quantitative estimate of drug-likeness (QED) is 0.650. The van der Waals surface area contributed by atoms with Crippen LogP contribution in [0.15, 0.2) is 48.5 Å². The van der Waals surface area contributed by atoms with E-state index in [-0.39, 0.29) is 17.8 Å². The van der Waals surface area contributed by atoms with Gasteiger partial charge in [-0.1, -0.05) is 23.8 Å². The Bertz CT molecular complexity index is 799. The molecule has 2 amide bonds. The first-order valence-electron chi connectivity index (χ1n) is 7.55. The third-order valence-electron chi connectivity index (χ3n) is 3.32. The number of carbonyl (C=O) groups excluding carboxylic acids is 1. The first-order valence-corrected chi connectivity index (χ1v) is 7.96. The average Bonchev–Trinajstić information content (AvgIpc) is 2.60. The van der Waals surface area contributed by atoms with E-state index in [9.17, 15) is 4.79 Å². The Morgan fingerprint density at radius 1 is 1.28 bits per heavy atom. The number of anilines is 2. The van der Waals surface area contributed by atoms with Gasteiger partial charge in [0.15, 0.2) is 0 Å². The molecule has 0 saturated heterocycles. The summed E-state index contributed by atoms with van der Waals surface area (Å²) in [5.74, 6) is 0.467. The van der Waals surface area contributed by atoms with Gasteiger partial charge < -0.3 is 15.4 Å². The summed E-state index contributed by atoms with van der Waals surface area (Å²) in [4.78, 5) is 13.0. The summed E-state index contributed by atoms with van der Waals surface area (Å²) in [5.41, 5.74) is 2.46. The van der Waals surface area contributed by atoms with Crippen LogP contribution in [0.3, 0.4) is 0 Å². The predicted molar refractivity (Wildman–Crippen MR) is 102 cm³/mol. The zero-order valence-electron chi connectivity index (χ0n) is 13.9. The number of nitrogens with zero attached hydrogens (tertiary/aromatic N) is 2. The van der Waals surface area contributed by atoms with Crippen molar-refractivity contribution < 1.29 is 9.53 Å². The maximum absolute atomic E-state index is 11.4. The van der Waals surface area contributed by atoms with Crippen molar-refractivity contribution in [1.29, 1.82) is 5.26 Å². The van der Waals surface area contributed by atoms with Gasteiger partial charge in [0, 0.05) is 24.5 Å². The number of hydrogen-bond acceptors (Lipinski definition) is 4. The number of benzene rings is 2. The number of rotatable bonds is 4. The Morgan fingerprint density at radius 3 is 2.64 bits per heavy atom. The maximum Gasteiger partial charge on any atom is 0.318 e. The summed E-state index contributed by atoms with van der Waals surface area (Å²) in [5, 5.41) is 14.4. The first kappa shape index (κ1) is 18.2. The molecule has 0 heterocycles. The minimum Gasteiger partial charge on any atom is -0.431 e. The Hall–Kier alpha value is -3.11. The Kier molecular flexibility index (Phi) is 6.32. The van der Waals surface area contributed by atoms with E-state index < -0.39 is 0 Å². The first-order chi connectivity index (χ1) is 12.0. The highest BCUT2D eigenvalue weighted by Crippen LogP contribution is 2.21. The SMILES string of the molecule is CNC(=O)Nc1cccc(OC(=S)N(CC#N)c2ccc(C)cc2)c1. The van der Waals surface area contributed by atoms with Gasteiger partial charge in [-0.2, -0.15) is 5.26 Å². The van der Waals surface area contributed by atoms with Gasteiger partial charge in [-0.15, -0.1) is 0 Å². The monoisotopic (exact) mass is 354 g/mol. The van der Waals surface area contributed by atoms with Gasteiger partial charge in [0.25, 0.3) is 5.17 Å². The van der Waals surface area contributed by atoms with Crippen LogP contribution in [0.1, 0.15) is 5.56 Å². The molecule has 6 nitrogen and oxygen atoms in total. The maximum atomic E-state index is 11.4. The molecule has 0 aliphatic rings. The zero-order chi connectivity index (χ0) is 18.2. The molecule has 0 aliphatic carbocycles. The van der Waals surface area contributed by atoms with E-state index in [1.165, 1.54) is 7.05 Å². The Morgan fingerprint density at radius 2 is 2.00 bits per heavy atom. The molecule has 0 spiro atoms. The molecule has 2 N–H and O–H groups in total. The molecule has 0 aliphatic heterocycles. The van der Waals surface area contributed by atoms with Crippen LogP contribution in [0.4, 0.5) is 16.2 Å². The normalized spacial score (nSPS) is 9.64. The molecule has 25 heavy (non-hydrogen) atoms. The zero-order valence-corrected chi connectivity index (χ0v) is 14.8. The second-order valence-corrected chi connectivity index (χ2v) is 5.53.